The zero-order valence-electron chi connectivity index (χ0n) is 36.0. The summed E-state index contributed by atoms with van der Waals surface area (Å²) in [5, 5.41) is 0.331. The van der Waals surface area contributed by atoms with Crippen molar-refractivity contribution < 1.29 is 52.3 Å². The van der Waals surface area contributed by atoms with Crippen molar-refractivity contribution in [2.24, 2.45) is 0 Å². The summed E-state index contributed by atoms with van der Waals surface area (Å²) in [6.45, 7) is 3.47. The van der Waals surface area contributed by atoms with Crippen molar-refractivity contribution in [1.29, 1.82) is 0 Å². The van der Waals surface area contributed by atoms with Crippen molar-refractivity contribution in [1.82, 2.24) is 4.90 Å². The Morgan fingerprint density at radius 1 is 0.508 bits per heavy atom. The van der Waals surface area contributed by atoms with Crippen molar-refractivity contribution in [3.63, 3.8) is 0 Å². The number of likely N-dealkylation sites (tertiary alicyclic amines) is 1. The van der Waals surface area contributed by atoms with Crippen molar-refractivity contribution in [3.8, 4) is 50.7 Å². The number of hydrogen-bond donors (Lipinski definition) is 0. The van der Waals surface area contributed by atoms with Crippen LogP contribution in [0.25, 0.3) is 20.5 Å². The summed E-state index contributed by atoms with van der Waals surface area (Å²) in [6.07, 6.45) is 3.64. The molecule has 2 heterocycles. The summed E-state index contributed by atoms with van der Waals surface area (Å²) in [5.74, 6) is 0.412. The number of nitrogens with zero attached hydrogens (tertiary/aromatic N) is 1. The highest BCUT2D eigenvalue weighted by Gasteiger charge is 2.27. The van der Waals surface area contributed by atoms with Gasteiger partial charge in [-0.2, -0.15) is 0 Å². The molecule has 1 fully saturated rings. The molecule has 0 atom stereocenters. The Bertz CT molecular complexity index is 2790. The zero-order valence-corrected chi connectivity index (χ0v) is 36.8. The lowest BCUT2D eigenvalue weighted by molar-refractivity contribution is 0.0721. The summed E-state index contributed by atoms with van der Waals surface area (Å²) < 4.78 is 40.0. The second kappa shape index (κ2) is 20.4. The number of carbonyl (C=O) groups is 4. The Morgan fingerprint density at radius 2 is 0.969 bits per heavy atom. The minimum absolute atomic E-state index is 0.00518. The van der Waals surface area contributed by atoms with Gasteiger partial charge in [0.05, 0.1) is 43.6 Å². The molecule has 1 saturated heterocycles. The molecular weight excluding hydrogens is 847 g/mol. The maximum Gasteiger partial charge on any atom is 0.343 e. The van der Waals surface area contributed by atoms with E-state index < -0.39 is 17.9 Å². The quantitative estimate of drug-likeness (QED) is 0.0519. The van der Waals surface area contributed by atoms with Crippen LogP contribution in [0.5, 0.6) is 40.2 Å². The SMILES string of the molecule is COc1ccc(C(=O)Oc2ccc(-c3sc4cc(OC(=O)c5ccc(OC)cc5)cc(OC(=O)c5ccc(OC)cc5)c4c3C(=O)c3ccc(OCCN4CCCCC4)cc3)cc2)cc1. The Balaban J connectivity index is 1.18. The van der Waals surface area contributed by atoms with Gasteiger partial charge < -0.3 is 33.2 Å². The molecule has 0 saturated carbocycles. The minimum Gasteiger partial charge on any atom is -0.497 e. The van der Waals surface area contributed by atoms with Crippen LogP contribution < -0.4 is 33.2 Å². The van der Waals surface area contributed by atoms with Gasteiger partial charge in [0.15, 0.2) is 5.78 Å². The summed E-state index contributed by atoms with van der Waals surface area (Å²) in [4.78, 5) is 58.2. The standard InChI is InChI=1S/C52H45NO11S/c1-58-38-17-11-35(12-18-38)50(55)62-42-25-9-34(10-26-42)49-47(48(54)33-7-23-41(24-8-33)61-30-29-53-27-5-4-6-28-53)46-44(64-52(57)37-15-21-40(60-3)22-16-37)31-43(32-45(46)65-49)63-51(56)36-13-19-39(59-2)20-14-36/h7-26,31-32H,4-6,27-30H2,1-3H3. The molecule has 0 unspecified atom stereocenters. The van der Waals surface area contributed by atoms with Gasteiger partial charge in [0, 0.05) is 33.1 Å². The van der Waals surface area contributed by atoms with E-state index in [1.165, 1.54) is 50.9 Å². The van der Waals surface area contributed by atoms with Gasteiger partial charge >= 0.3 is 17.9 Å². The maximum absolute atomic E-state index is 15.0. The van der Waals surface area contributed by atoms with Gasteiger partial charge in [-0.05, 0) is 159 Å². The fourth-order valence-corrected chi connectivity index (χ4v) is 8.65. The number of ether oxygens (including phenoxy) is 7. The fraction of sp³-hybridized carbons (Fsp3) is 0.192. The summed E-state index contributed by atoms with van der Waals surface area (Å²) in [5.41, 5.74) is 2.04. The number of hydrogen-bond acceptors (Lipinski definition) is 13. The van der Waals surface area contributed by atoms with Crippen LogP contribution >= 0.6 is 11.3 Å². The van der Waals surface area contributed by atoms with E-state index >= 15 is 0 Å². The number of piperidine rings is 1. The van der Waals surface area contributed by atoms with E-state index in [1.54, 1.807) is 135 Å². The number of benzene rings is 6. The van der Waals surface area contributed by atoms with E-state index in [0.29, 0.717) is 61.3 Å². The van der Waals surface area contributed by atoms with E-state index in [1.807, 2.05) is 0 Å². The van der Waals surface area contributed by atoms with Crippen LogP contribution in [0.1, 0.15) is 66.3 Å². The molecule has 12 nitrogen and oxygen atoms in total. The number of esters is 3. The molecule has 0 radical (unpaired) electrons. The second-order valence-electron chi connectivity index (χ2n) is 15.1. The first-order valence-corrected chi connectivity index (χ1v) is 21.8. The smallest absolute Gasteiger partial charge is 0.343 e. The molecule has 8 rings (SSSR count). The van der Waals surface area contributed by atoms with Crippen LogP contribution in [0.4, 0.5) is 0 Å². The van der Waals surface area contributed by atoms with Gasteiger partial charge in [-0.15, -0.1) is 11.3 Å². The van der Waals surface area contributed by atoms with Gasteiger partial charge in [0.2, 0.25) is 0 Å². The number of rotatable bonds is 16. The highest BCUT2D eigenvalue weighted by molar-refractivity contribution is 7.23. The second-order valence-corrected chi connectivity index (χ2v) is 16.1. The van der Waals surface area contributed by atoms with Gasteiger partial charge in [-0.3, -0.25) is 9.69 Å². The lowest BCUT2D eigenvalue weighted by atomic mass is 9.97. The van der Waals surface area contributed by atoms with Crippen molar-refractivity contribution in [2.75, 3.05) is 47.6 Å². The fourth-order valence-electron chi connectivity index (χ4n) is 7.40. The normalized spacial score (nSPS) is 12.5. The molecule has 330 valence electrons. The molecular formula is C52H45NO11S. The van der Waals surface area contributed by atoms with E-state index in [4.69, 9.17) is 33.2 Å². The highest BCUT2D eigenvalue weighted by atomic mass is 32.1. The van der Waals surface area contributed by atoms with Crippen LogP contribution in [0, 0.1) is 0 Å². The van der Waals surface area contributed by atoms with Crippen LogP contribution in [-0.4, -0.2) is 76.2 Å². The Labute approximate surface area is 379 Å². The predicted octanol–water partition coefficient (Wildman–Crippen LogP) is 10.3. The van der Waals surface area contributed by atoms with Crippen LogP contribution in [-0.2, 0) is 0 Å². The van der Waals surface area contributed by atoms with E-state index in [0.717, 1.165) is 19.6 Å². The van der Waals surface area contributed by atoms with Gasteiger partial charge in [0.1, 0.15) is 46.9 Å². The summed E-state index contributed by atoms with van der Waals surface area (Å²) >= 11 is 1.25. The Morgan fingerprint density at radius 3 is 1.49 bits per heavy atom. The first-order valence-electron chi connectivity index (χ1n) is 21.0. The third-order valence-electron chi connectivity index (χ3n) is 10.9. The molecule has 0 N–H and O–H groups in total. The molecule has 1 aromatic heterocycles. The molecule has 6 aromatic carbocycles. The monoisotopic (exact) mass is 891 g/mol. The number of methoxy groups -OCH3 is 3. The van der Waals surface area contributed by atoms with Crippen LogP contribution in [0.3, 0.4) is 0 Å². The topological polar surface area (TPSA) is 136 Å². The Hall–Kier alpha value is -7.48. The lowest BCUT2D eigenvalue weighted by Crippen LogP contribution is -2.33. The molecule has 1 aliphatic heterocycles. The molecule has 65 heavy (non-hydrogen) atoms. The molecule has 0 amide bonds. The average Bonchev–Trinajstić information content (AvgIpc) is 3.74. The first kappa shape index (κ1) is 44.1. The number of fused-ring (bicyclic) bond motifs is 1. The Kier molecular flexibility index (Phi) is 13.8. The third kappa shape index (κ3) is 10.5. The minimum atomic E-state index is -0.715. The van der Waals surface area contributed by atoms with Crippen molar-refractivity contribution in [2.45, 2.75) is 19.3 Å². The average molecular weight is 892 g/mol. The van der Waals surface area contributed by atoms with E-state index in [9.17, 15) is 19.2 Å². The van der Waals surface area contributed by atoms with Gasteiger partial charge in [0.25, 0.3) is 0 Å². The van der Waals surface area contributed by atoms with Gasteiger partial charge in [-0.25, -0.2) is 14.4 Å². The zero-order chi connectivity index (χ0) is 45.3. The number of ketones is 1. The summed E-state index contributed by atoms with van der Waals surface area (Å²) in [7, 11) is 4.59. The van der Waals surface area contributed by atoms with E-state index in [-0.39, 0.29) is 39.7 Å². The highest BCUT2D eigenvalue weighted by Crippen LogP contribution is 2.46. The molecule has 1 aliphatic rings. The van der Waals surface area contributed by atoms with Crippen molar-refractivity contribution >= 4 is 45.1 Å². The molecule has 0 bridgehead atoms. The molecule has 13 heteroatoms. The first-order chi connectivity index (χ1) is 31.7. The predicted molar refractivity (Wildman–Crippen MR) is 247 cm³/mol. The third-order valence-corrected chi connectivity index (χ3v) is 12.1. The van der Waals surface area contributed by atoms with Crippen LogP contribution in [0.2, 0.25) is 0 Å². The lowest BCUT2D eigenvalue weighted by Gasteiger charge is -2.26. The number of carbonyl (C=O) groups excluding carboxylic acids is 4. The molecule has 0 spiro atoms. The summed E-state index contributed by atoms with van der Waals surface area (Å²) in [6, 6.07) is 36.2. The van der Waals surface area contributed by atoms with Crippen LogP contribution in [0.15, 0.2) is 133 Å². The maximum atomic E-state index is 15.0. The van der Waals surface area contributed by atoms with Gasteiger partial charge in [-0.1, -0.05) is 6.42 Å². The molecule has 7 aromatic rings. The largest absolute Gasteiger partial charge is 0.497 e. The van der Waals surface area contributed by atoms with Crippen molar-refractivity contribution in [3.05, 3.63) is 161 Å². The number of thiophene rings is 1. The van der Waals surface area contributed by atoms with E-state index in [2.05, 4.69) is 4.90 Å². The molecule has 0 aliphatic carbocycles.